The molecule has 1 aromatic heterocycles. The highest BCUT2D eigenvalue weighted by Gasteiger charge is 2.38. The topological polar surface area (TPSA) is 105 Å². The Hall–Kier alpha value is -3.18. The van der Waals surface area contributed by atoms with E-state index < -0.39 is 21.7 Å². The summed E-state index contributed by atoms with van der Waals surface area (Å²) in [6.45, 7) is 7.14. The second-order valence-corrected chi connectivity index (χ2v) is 12.5. The van der Waals surface area contributed by atoms with Gasteiger partial charge in [0.25, 0.3) is 0 Å². The summed E-state index contributed by atoms with van der Waals surface area (Å²) in [6, 6.07) is 16.3. The van der Waals surface area contributed by atoms with Crippen LogP contribution in [0.2, 0.25) is 0 Å². The molecule has 0 spiro atoms. The van der Waals surface area contributed by atoms with Crippen molar-refractivity contribution >= 4 is 16.0 Å². The predicted octanol–water partition coefficient (Wildman–Crippen LogP) is 5.25. The summed E-state index contributed by atoms with van der Waals surface area (Å²) in [6.07, 6.45) is 1.38. The normalized spacial score (nSPS) is 20.5. The molecule has 1 unspecified atom stereocenters. The Labute approximate surface area is 241 Å². The predicted molar refractivity (Wildman–Crippen MR) is 151 cm³/mol. The first kappa shape index (κ1) is 29.3. The number of nitrogens with zero attached hydrogens (tertiary/aromatic N) is 1. The van der Waals surface area contributed by atoms with Gasteiger partial charge in [-0.2, -0.15) is 4.31 Å². The monoisotopic (exact) mass is 583 g/mol. The number of fused-ring (bicyclic) bond motifs is 1. The molecule has 1 fully saturated rings. The van der Waals surface area contributed by atoms with Gasteiger partial charge in [-0.15, -0.1) is 0 Å². The highest BCUT2D eigenvalue weighted by molar-refractivity contribution is 7.89. The third-order valence-electron chi connectivity index (χ3n) is 7.76. The number of benzene rings is 2. The van der Waals surface area contributed by atoms with Gasteiger partial charge in [-0.3, -0.25) is 4.79 Å². The Balaban J connectivity index is 1.50. The average molecular weight is 584 g/mol. The van der Waals surface area contributed by atoms with Crippen LogP contribution in [0.5, 0.6) is 5.75 Å². The zero-order chi connectivity index (χ0) is 29.2. The van der Waals surface area contributed by atoms with Gasteiger partial charge in [0, 0.05) is 6.54 Å². The Bertz CT molecular complexity index is 1490. The summed E-state index contributed by atoms with van der Waals surface area (Å²) in [5, 5.41) is 0. The molecule has 0 saturated carbocycles. The second-order valence-electron chi connectivity index (χ2n) is 10.6. The first-order chi connectivity index (χ1) is 19.6. The number of rotatable bonds is 9. The van der Waals surface area contributed by atoms with E-state index in [1.165, 1.54) is 11.4 Å². The average Bonchev–Trinajstić information content (AvgIpc) is 3.61. The molecule has 10 heteroatoms. The molecule has 0 N–H and O–H groups in total. The van der Waals surface area contributed by atoms with Crippen LogP contribution in [0.4, 0.5) is 0 Å². The number of aryl methyl sites for hydroxylation is 1. The third kappa shape index (κ3) is 6.06. The van der Waals surface area contributed by atoms with Gasteiger partial charge in [0.05, 0.1) is 39.2 Å². The summed E-state index contributed by atoms with van der Waals surface area (Å²) in [7, 11) is -2.47. The number of hydrogen-bond donors (Lipinski definition) is 0. The quantitative estimate of drug-likeness (QED) is 0.315. The Morgan fingerprint density at radius 3 is 2.61 bits per heavy atom. The largest absolute Gasteiger partial charge is 0.488 e. The number of esters is 1. The van der Waals surface area contributed by atoms with Crippen LogP contribution in [0.15, 0.2) is 63.9 Å². The zero-order valence-corrected chi connectivity index (χ0v) is 24.7. The summed E-state index contributed by atoms with van der Waals surface area (Å²) in [4.78, 5) is 12.7. The molecule has 2 aromatic carbocycles. The van der Waals surface area contributed by atoms with E-state index in [0.717, 1.165) is 29.5 Å². The third-order valence-corrected chi connectivity index (χ3v) is 9.61. The molecule has 3 heterocycles. The van der Waals surface area contributed by atoms with E-state index in [4.69, 9.17) is 23.4 Å². The van der Waals surface area contributed by atoms with Crippen LogP contribution in [-0.4, -0.2) is 51.7 Å². The number of ether oxygens (including phenoxy) is 4. The molecule has 2 aliphatic rings. The van der Waals surface area contributed by atoms with Crippen molar-refractivity contribution in [2.24, 2.45) is 0 Å². The van der Waals surface area contributed by atoms with Gasteiger partial charge in [-0.25, -0.2) is 8.42 Å². The maximum Gasteiger partial charge on any atom is 0.306 e. The molecule has 0 bridgehead atoms. The van der Waals surface area contributed by atoms with Gasteiger partial charge in [0.2, 0.25) is 15.8 Å². The van der Waals surface area contributed by atoms with E-state index in [-0.39, 0.29) is 36.5 Å². The standard InChI is InChI=1S/C31H37NO8S/c1-5-8-24-20-32(41(34,35)28-10-7-6-9-27(28)39-24)19-23-17-22(12-11-21(23)2)25(18-30(33)36-4)26-13-14-29(40-26)31(3)37-15-16-38-31/h6-7,9-14,17,24-25H,5,8,15-16,18-20H2,1-4H3/t24-,25?/m1/s1. The van der Waals surface area contributed by atoms with E-state index in [2.05, 4.69) is 6.92 Å². The van der Waals surface area contributed by atoms with Crippen molar-refractivity contribution < 1.29 is 36.6 Å². The molecule has 2 aliphatic heterocycles. The number of sulfonamides is 1. The number of carbonyl (C=O) groups excluding carboxylic acids is 1. The maximum absolute atomic E-state index is 13.8. The van der Waals surface area contributed by atoms with E-state index in [1.54, 1.807) is 37.3 Å². The highest BCUT2D eigenvalue weighted by Crippen LogP contribution is 2.38. The molecular formula is C31H37NO8S. The minimum Gasteiger partial charge on any atom is -0.488 e. The Morgan fingerprint density at radius 1 is 1.12 bits per heavy atom. The minimum atomic E-state index is -3.82. The van der Waals surface area contributed by atoms with Crippen LogP contribution in [0, 0.1) is 6.92 Å². The molecule has 1 saturated heterocycles. The lowest BCUT2D eigenvalue weighted by Crippen LogP contribution is -2.36. The first-order valence-corrected chi connectivity index (χ1v) is 15.4. The van der Waals surface area contributed by atoms with E-state index in [1.807, 2.05) is 31.2 Å². The fourth-order valence-corrected chi connectivity index (χ4v) is 6.98. The lowest BCUT2D eigenvalue weighted by molar-refractivity contribution is -0.163. The first-order valence-electron chi connectivity index (χ1n) is 13.9. The molecule has 41 heavy (non-hydrogen) atoms. The summed E-state index contributed by atoms with van der Waals surface area (Å²) < 4.78 is 58.0. The SMILES string of the molecule is CCC[C@@H]1CN(Cc2cc(C(CC(=O)OC)c3ccc(C4(C)OCCO4)o3)ccc2C)S(=O)(=O)c2ccccc2O1. The van der Waals surface area contributed by atoms with Crippen molar-refractivity contribution in [2.75, 3.05) is 26.9 Å². The molecule has 0 amide bonds. The van der Waals surface area contributed by atoms with Gasteiger partial charge in [-0.1, -0.05) is 43.7 Å². The van der Waals surface area contributed by atoms with Crippen molar-refractivity contribution in [3.63, 3.8) is 0 Å². The second kappa shape index (κ2) is 12.0. The van der Waals surface area contributed by atoms with E-state index >= 15 is 0 Å². The number of furan rings is 1. The highest BCUT2D eigenvalue weighted by atomic mass is 32.2. The summed E-state index contributed by atoms with van der Waals surface area (Å²) in [5.41, 5.74) is 2.58. The van der Waals surface area contributed by atoms with Crippen LogP contribution in [-0.2, 0) is 41.4 Å². The van der Waals surface area contributed by atoms with Crippen LogP contribution in [0.3, 0.4) is 0 Å². The van der Waals surface area contributed by atoms with Crippen LogP contribution < -0.4 is 4.74 Å². The van der Waals surface area contributed by atoms with Crippen molar-refractivity contribution in [3.8, 4) is 5.75 Å². The lowest BCUT2D eigenvalue weighted by Gasteiger charge is -2.24. The van der Waals surface area contributed by atoms with Crippen LogP contribution >= 0.6 is 0 Å². The number of carbonyl (C=O) groups is 1. The molecule has 2 atom stereocenters. The smallest absolute Gasteiger partial charge is 0.306 e. The molecule has 3 aromatic rings. The van der Waals surface area contributed by atoms with Gasteiger partial charge in [-0.05, 0) is 61.2 Å². The fraction of sp³-hybridized carbons (Fsp3) is 0.452. The Morgan fingerprint density at radius 2 is 1.88 bits per heavy atom. The fourth-order valence-electron chi connectivity index (χ4n) is 5.41. The van der Waals surface area contributed by atoms with E-state index in [9.17, 15) is 13.2 Å². The molecule has 220 valence electrons. The Kier molecular flexibility index (Phi) is 8.56. The van der Waals surface area contributed by atoms with Gasteiger partial charge < -0.3 is 23.4 Å². The van der Waals surface area contributed by atoms with Crippen molar-refractivity contribution in [3.05, 3.63) is 82.8 Å². The molecular weight excluding hydrogens is 546 g/mol. The van der Waals surface area contributed by atoms with Crippen LogP contribution in [0.25, 0.3) is 0 Å². The van der Waals surface area contributed by atoms with Gasteiger partial charge in [0.1, 0.15) is 22.5 Å². The maximum atomic E-state index is 13.8. The minimum absolute atomic E-state index is 0.0478. The van der Waals surface area contributed by atoms with Gasteiger partial charge >= 0.3 is 5.97 Å². The number of hydrogen-bond acceptors (Lipinski definition) is 8. The molecule has 5 rings (SSSR count). The van der Waals surface area contributed by atoms with Crippen LogP contribution in [0.1, 0.15) is 67.2 Å². The zero-order valence-electron chi connectivity index (χ0n) is 23.9. The molecule has 9 nitrogen and oxygen atoms in total. The summed E-state index contributed by atoms with van der Waals surface area (Å²) in [5.74, 6) is -0.369. The number of methoxy groups -OCH3 is 1. The molecule has 0 aliphatic carbocycles. The lowest BCUT2D eigenvalue weighted by atomic mass is 9.90. The summed E-state index contributed by atoms with van der Waals surface area (Å²) >= 11 is 0. The van der Waals surface area contributed by atoms with E-state index in [0.29, 0.717) is 30.5 Å². The number of para-hydroxylation sites is 1. The van der Waals surface area contributed by atoms with Crippen molar-refractivity contribution in [2.45, 2.75) is 69.3 Å². The molecule has 0 radical (unpaired) electrons. The van der Waals surface area contributed by atoms with Crippen molar-refractivity contribution in [1.82, 2.24) is 4.31 Å². The van der Waals surface area contributed by atoms with Crippen molar-refractivity contribution in [1.29, 1.82) is 0 Å². The van der Waals surface area contributed by atoms with Gasteiger partial charge in [0.15, 0.2) is 5.76 Å².